The summed E-state index contributed by atoms with van der Waals surface area (Å²) in [5, 5.41) is 9.30. The van der Waals surface area contributed by atoms with Crippen molar-refractivity contribution < 1.29 is 27.7 Å². The van der Waals surface area contributed by atoms with E-state index in [1.165, 1.54) is 0 Å². The maximum absolute atomic E-state index is 9.30. The van der Waals surface area contributed by atoms with Gasteiger partial charge in [0.1, 0.15) is 14.7 Å². The van der Waals surface area contributed by atoms with E-state index in [0.717, 1.165) is 6.16 Å². The molecule has 0 aliphatic heterocycles. The Bertz CT molecular complexity index is 683. The molecular formula is C23H51O6P3. The molecule has 32 heavy (non-hydrogen) atoms. The Morgan fingerprint density at radius 2 is 1.09 bits per heavy atom. The average molecular weight is 517 g/mol. The molecule has 0 amide bonds. The van der Waals surface area contributed by atoms with Crippen LogP contribution in [0.2, 0.25) is 0 Å². The highest BCUT2D eigenvalue weighted by atomic mass is 31.2. The summed E-state index contributed by atoms with van der Waals surface area (Å²) in [6.45, 7) is 19.5. The number of hydrogen-bond acceptors (Lipinski definition) is 6. The Hall–Kier alpha value is 0.660. The minimum absolute atomic E-state index is 0.0389. The van der Waals surface area contributed by atoms with Crippen LogP contribution in [0.3, 0.4) is 0 Å². The Labute approximate surface area is 199 Å². The zero-order chi connectivity index (χ0) is 25.3. The van der Waals surface area contributed by atoms with Crippen molar-refractivity contribution in [1.29, 1.82) is 0 Å². The second kappa shape index (κ2) is 14.3. The number of aliphatic hydroxyl groups excluding tert-OH is 1. The molecule has 9 unspecified atom stereocenters. The molecule has 6 nitrogen and oxygen atoms in total. The van der Waals surface area contributed by atoms with E-state index in [0.29, 0.717) is 25.0 Å². The molecular weight excluding hydrogens is 465 g/mol. The summed E-state index contributed by atoms with van der Waals surface area (Å²) in [6, 6.07) is 0. The summed E-state index contributed by atoms with van der Waals surface area (Å²) in [5.41, 5.74) is 0. The van der Waals surface area contributed by atoms with Crippen LogP contribution >= 0.6 is 21.8 Å². The van der Waals surface area contributed by atoms with E-state index in [2.05, 4.69) is 46.3 Å². The van der Waals surface area contributed by atoms with Gasteiger partial charge in [-0.2, -0.15) is 0 Å². The lowest BCUT2D eigenvalue weighted by Crippen LogP contribution is -2.24. The molecule has 0 spiro atoms. The minimum atomic E-state index is -2.23. The lowest BCUT2D eigenvalue weighted by Gasteiger charge is -2.32. The smallest absolute Gasteiger partial charge is 0.114 e. The van der Waals surface area contributed by atoms with E-state index in [1.807, 2.05) is 34.1 Å². The van der Waals surface area contributed by atoms with Gasteiger partial charge in [0.15, 0.2) is 0 Å². The molecule has 0 radical (unpaired) electrons. The van der Waals surface area contributed by atoms with Crippen molar-refractivity contribution in [2.75, 3.05) is 53.1 Å². The molecule has 0 rings (SSSR count). The van der Waals surface area contributed by atoms with Crippen molar-refractivity contribution in [3.05, 3.63) is 0 Å². The highest BCUT2D eigenvalue weighted by Gasteiger charge is 2.25. The topological polar surface area (TPSA) is 66.4 Å². The average Bonchev–Trinajstić information content (AvgIpc) is 2.68. The van der Waals surface area contributed by atoms with Gasteiger partial charge in [-0.25, -0.2) is 0 Å². The van der Waals surface area contributed by atoms with Crippen LogP contribution in [0.1, 0.15) is 41.5 Å². The molecule has 194 valence electrons. The second-order valence-electron chi connectivity index (χ2n) is 9.99. The van der Waals surface area contributed by atoms with Crippen molar-refractivity contribution in [1.82, 2.24) is 0 Å². The van der Waals surface area contributed by atoms with Crippen LogP contribution in [0, 0.1) is 23.7 Å². The summed E-state index contributed by atoms with van der Waals surface area (Å²) >= 11 is 0. The maximum Gasteiger partial charge on any atom is 0.114 e. The van der Waals surface area contributed by atoms with Gasteiger partial charge >= 0.3 is 0 Å². The highest BCUT2D eigenvalue weighted by Crippen LogP contribution is 2.49. The molecule has 0 bridgehead atoms. The Balaban J connectivity index is 4.62. The lowest BCUT2D eigenvalue weighted by atomic mass is 9.99. The molecule has 0 saturated carbocycles. The van der Waals surface area contributed by atoms with Gasteiger partial charge in [-0.15, -0.1) is 0 Å². The van der Waals surface area contributed by atoms with Gasteiger partial charge in [0, 0.05) is 38.9 Å². The highest BCUT2D eigenvalue weighted by molar-refractivity contribution is 7.68. The number of rotatable bonds is 17. The Morgan fingerprint density at radius 3 is 1.50 bits per heavy atom. The third kappa shape index (κ3) is 13.5. The fourth-order valence-electron chi connectivity index (χ4n) is 2.83. The molecule has 0 aromatic carbocycles. The summed E-state index contributed by atoms with van der Waals surface area (Å²) in [5.74, 6) is 0.982. The third-order valence-corrected chi connectivity index (χ3v) is 11.2. The van der Waals surface area contributed by atoms with Crippen molar-refractivity contribution >= 4 is 40.7 Å². The van der Waals surface area contributed by atoms with E-state index < -0.39 is 21.8 Å². The summed E-state index contributed by atoms with van der Waals surface area (Å²) in [6.07, 6.45) is 13.4. The normalized spacial score (nSPS) is 23.7. The maximum atomic E-state index is 9.30. The minimum Gasteiger partial charge on any atom is -0.396 e. The first-order chi connectivity index (χ1) is 14.4. The zero-order valence-electron chi connectivity index (χ0n) is 22.2. The van der Waals surface area contributed by atoms with Gasteiger partial charge in [-0.3, -0.25) is 0 Å². The summed E-state index contributed by atoms with van der Waals surface area (Å²) in [7, 11) is -4.26. The summed E-state index contributed by atoms with van der Waals surface area (Å²) in [4.78, 5) is 0. The van der Waals surface area contributed by atoms with Gasteiger partial charge in [0.05, 0.1) is 25.4 Å². The third-order valence-electron chi connectivity index (χ3n) is 5.98. The van der Waals surface area contributed by atoms with Crippen LogP contribution in [0.4, 0.5) is 0 Å². The van der Waals surface area contributed by atoms with Gasteiger partial charge in [-0.05, 0) is 45.6 Å². The molecule has 0 aliphatic carbocycles. The zero-order valence-corrected chi connectivity index (χ0v) is 24.9. The van der Waals surface area contributed by atoms with E-state index in [1.54, 1.807) is 7.11 Å². The van der Waals surface area contributed by atoms with Crippen LogP contribution in [0.15, 0.2) is 0 Å². The SMILES string of the molecule is C=P(C)(CC(C)C(C)COP(=C)(C)OC(C)C(C)COP(=C)(C)OC(C)C(C)CO)OC. The molecule has 0 saturated heterocycles. The van der Waals surface area contributed by atoms with E-state index >= 15 is 0 Å². The quantitative estimate of drug-likeness (QED) is 0.246. The lowest BCUT2D eigenvalue weighted by molar-refractivity contribution is 0.0827. The van der Waals surface area contributed by atoms with E-state index in [9.17, 15) is 5.11 Å². The second-order valence-corrected chi connectivity index (χ2v) is 18.3. The molecule has 0 aromatic rings. The molecule has 0 aliphatic rings. The molecule has 9 heteroatoms. The first-order valence-electron chi connectivity index (χ1n) is 11.4. The fourth-order valence-corrected chi connectivity index (χ4v) is 7.61. The molecule has 9 atom stereocenters. The number of hydrogen-bond donors (Lipinski definition) is 1. The fraction of sp³-hybridized carbons (Fsp3) is 0.870. The first kappa shape index (κ1) is 32.7. The van der Waals surface area contributed by atoms with Gasteiger partial charge in [0.25, 0.3) is 0 Å². The van der Waals surface area contributed by atoms with Crippen molar-refractivity contribution in [3.63, 3.8) is 0 Å². The van der Waals surface area contributed by atoms with Gasteiger partial charge in [-0.1, -0.05) is 46.6 Å². The Kier molecular flexibility index (Phi) is 14.6. The van der Waals surface area contributed by atoms with Crippen LogP contribution in [-0.4, -0.2) is 89.3 Å². The Morgan fingerprint density at radius 1 is 0.688 bits per heavy atom. The molecule has 0 heterocycles. The van der Waals surface area contributed by atoms with Crippen molar-refractivity contribution in [2.45, 2.75) is 53.8 Å². The summed E-state index contributed by atoms with van der Waals surface area (Å²) < 4.78 is 30.0. The van der Waals surface area contributed by atoms with Crippen LogP contribution < -0.4 is 0 Å². The van der Waals surface area contributed by atoms with Crippen LogP contribution in [0.5, 0.6) is 0 Å². The number of aliphatic hydroxyl groups is 1. The molecule has 0 aromatic heterocycles. The van der Waals surface area contributed by atoms with Crippen molar-refractivity contribution in [3.8, 4) is 0 Å². The first-order valence-corrected chi connectivity index (χ1v) is 18.4. The largest absolute Gasteiger partial charge is 0.396 e. The van der Waals surface area contributed by atoms with Crippen LogP contribution in [0.25, 0.3) is 0 Å². The predicted octanol–water partition coefficient (Wildman–Crippen LogP) is 5.83. The predicted molar refractivity (Wildman–Crippen MR) is 149 cm³/mol. The van der Waals surface area contributed by atoms with E-state index in [4.69, 9.17) is 22.6 Å². The van der Waals surface area contributed by atoms with Gasteiger partial charge in [0.2, 0.25) is 0 Å². The monoisotopic (exact) mass is 516 g/mol. The van der Waals surface area contributed by atoms with E-state index in [-0.39, 0.29) is 30.7 Å². The molecule has 1 N–H and O–H groups in total. The molecule has 0 fully saturated rings. The standard InChI is InChI=1S/C23H51O6P3/c1-18(14-24)22(5)28-32(12,13)27-16-20(3)23(6)29-31(10,11)26-15-19(2)21(4)17-30(8,9)25-7/h18-24H,8,10,12,14-17H2,1-7,9,11,13H3. The van der Waals surface area contributed by atoms with Gasteiger partial charge < -0.3 is 27.7 Å². The van der Waals surface area contributed by atoms with Crippen LogP contribution in [-0.2, 0) is 22.6 Å². The van der Waals surface area contributed by atoms with Crippen molar-refractivity contribution in [2.24, 2.45) is 23.7 Å².